The smallest absolute Gasteiger partial charge is 0.277 e. The van der Waals surface area contributed by atoms with Gasteiger partial charge in [0.2, 0.25) is 5.88 Å². The van der Waals surface area contributed by atoms with Gasteiger partial charge in [-0.15, -0.1) is 11.3 Å². The highest BCUT2D eigenvalue weighted by Crippen LogP contribution is 2.29. The van der Waals surface area contributed by atoms with Crippen molar-refractivity contribution in [2.45, 2.75) is 20.4 Å². The zero-order valence-corrected chi connectivity index (χ0v) is 17.1. The molecule has 140 valence electrons. The van der Waals surface area contributed by atoms with Crippen LogP contribution in [0.5, 0.6) is 5.88 Å². The van der Waals surface area contributed by atoms with E-state index < -0.39 is 0 Å². The maximum absolute atomic E-state index is 12.5. The average Bonchev–Trinajstić information content (AvgIpc) is 2.91. The quantitative estimate of drug-likeness (QED) is 0.533. The van der Waals surface area contributed by atoms with Crippen molar-refractivity contribution in [3.05, 3.63) is 84.1 Å². The highest BCUT2D eigenvalue weighted by molar-refractivity contribution is 7.73. The number of aromatic hydroxyl groups is 1. The van der Waals surface area contributed by atoms with Crippen LogP contribution < -0.4 is 10.6 Å². The Kier molecular flexibility index (Phi) is 4.83. The maximum atomic E-state index is 12.5. The van der Waals surface area contributed by atoms with Crippen molar-refractivity contribution in [1.82, 2.24) is 4.57 Å². The predicted molar refractivity (Wildman–Crippen MR) is 114 cm³/mol. The molecule has 1 N–H and O–H groups in total. The molecule has 1 amide bonds. The molecule has 2 heterocycles. The summed E-state index contributed by atoms with van der Waals surface area (Å²) in [5.41, 5.74) is 3.58. The Morgan fingerprint density at radius 3 is 2.71 bits per heavy atom. The molecule has 0 saturated heterocycles. The number of fused-ring (bicyclic) bond motifs is 1. The van der Waals surface area contributed by atoms with Crippen molar-refractivity contribution >= 4 is 41.6 Å². The Hall–Kier alpha value is -2.83. The number of hydrogen-bond donors (Lipinski definition) is 1. The van der Waals surface area contributed by atoms with E-state index in [4.69, 9.17) is 12.2 Å². The van der Waals surface area contributed by atoms with Crippen LogP contribution in [0.15, 0.2) is 53.0 Å². The number of aromatic nitrogens is 1. The molecule has 2 aromatic carbocycles. The van der Waals surface area contributed by atoms with Gasteiger partial charge in [-0.2, -0.15) is 0 Å². The lowest BCUT2D eigenvalue weighted by Gasteiger charge is -2.07. The van der Waals surface area contributed by atoms with Crippen molar-refractivity contribution in [2.24, 2.45) is 4.99 Å². The highest BCUT2D eigenvalue weighted by atomic mass is 32.1. The van der Waals surface area contributed by atoms with Gasteiger partial charge < -0.3 is 5.11 Å². The van der Waals surface area contributed by atoms with Gasteiger partial charge >= 0.3 is 0 Å². The number of benzene rings is 2. The van der Waals surface area contributed by atoms with Gasteiger partial charge in [0.25, 0.3) is 5.91 Å². The molecule has 4 rings (SSSR count). The number of nitrogens with zero attached hydrogens (tertiary/aromatic N) is 2. The second-order valence-corrected chi connectivity index (χ2v) is 8.48. The lowest BCUT2D eigenvalue weighted by molar-refractivity contribution is -0.114. The fourth-order valence-corrected chi connectivity index (χ4v) is 4.57. The third kappa shape index (κ3) is 3.48. The molecule has 0 unspecified atom stereocenters. The van der Waals surface area contributed by atoms with Gasteiger partial charge in [-0.3, -0.25) is 9.36 Å². The molecule has 0 fully saturated rings. The van der Waals surface area contributed by atoms with E-state index >= 15 is 0 Å². The molecule has 0 spiro atoms. The fourth-order valence-electron chi connectivity index (χ4n) is 3.31. The Bertz CT molecular complexity index is 1300. The minimum atomic E-state index is -0.312. The van der Waals surface area contributed by atoms with E-state index in [0.29, 0.717) is 26.3 Å². The Morgan fingerprint density at radius 2 is 1.96 bits per heavy atom. The van der Waals surface area contributed by atoms with Crippen LogP contribution in [-0.2, 0) is 11.3 Å². The molecule has 0 radical (unpaired) electrons. The van der Waals surface area contributed by atoms with E-state index in [2.05, 4.69) is 4.99 Å². The molecular formula is C22H18N2O2S2. The van der Waals surface area contributed by atoms with Gasteiger partial charge in [0.05, 0.1) is 16.8 Å². The largest absolute Gasteiger partial charge is 0.493 e. The van der Waals surface area contributed by atoms with E-state index in [1.807, 2.05) is 62.4 Å². The summed E-state index contributed by atoms with van der Waals surface area (Å²) in [4.78, 5) is 17.3. The summed E-state index contributed by atoms with van der Waals surface area (Å²) < 4.78 is 2.23. The summed E-state index contributed by atoms with van der Waals surface area (Å²) in [6.07, 6.45) is 3.50. The highest BCUT2D eigenvalue weighted by Gasteiger charge is 2.16. The SMILES string of the molecule is Cc1cc(C)c2c(c1)=C/C(=C\c1sc(=S)n(Cc3ccccc3)c1O)C(=O)N=2. The number of carbonyl (C=O) groups excluding carboxylic acids is 1. The fraction of sp³-hybridized carbons (Fsp3) is 0.136. The van der Waals surface area contributed by atoms with Gasteiger partial charge in [0.15, 0.2) is 3.95 Å². The second kappa shape index (κ2) is 7.30. The van der Waals surface area contributed by atoms with Gasteiger partial charge in [0.1, 0.15) is 0 Å². The van der Waals surface area contributed by atoms with Crippen molar-refractivity contribution in [3.8, 4) is 5.88 Å². The van der Waals surface area contributed by atoms with Crippen molar-refractivity contribution in [2.75, 3.05) is 0 Å². The van der Waals surface area contributed by atoms with Gasteiger partial charge in [-0.05, 0) is 55.4 Å². The lowest BCUT2D eigenvalue weighted by atomic mass is 10.0. The molecule has 0 bridgehead atoms. The van der Waals surface area contributed by atoms with Crippen molar-refractivity contribution in [3.63, 3.8) is 0 Å². The van der Waals surface area contributed by atoms with Crippen molar-refractivity contribution < 1.29 is 9.90 Å². The van der Waals surface area contributed by atoms with E-state index in [0.717, 1.165) is 21.9 Å². The normalized spacial score (nSPS) is 14.5. The molecule has 1 aliphatic heterocycles. The molecule has 6 heteroatoms. The first-order valence-corrected chi connectivity index (χ1v) is 10.0. The van der Waals surface area contributed by atoms with Crippen molar-refractivity contribution in [1.29, 1.82) is 0 Å². The minimum absolute atomic E-state index is 0.0683. The zero-order chi connectivity index (χ0) is 19.8. The van der Waals surface area contributed by atoms with Gasteiger partial charge in [-0.1, -0.05) is 42.0 Å². The molecule has 4 nitrogen and oxygen atoms in total. The number of hydrogen-bond acceptors (Lipinski definition) is 4. The lowest BCUT2D eigenvalue weighted by Crippen LogP contribution is -2.33. The summed E-state index contributed by atoms with van der Waals surface area (Å²) >= 11 is 6.71. The van der Waals surface area contributed by atoms with E-state index in [9.17, 15) is 9.90 Å². The van der Waals surface area contributed by atoms with E-state index in [-0.39, 0.29) is 11.8 Å². The average molecular weight is 407 g/mol. The summed E-state index contributed by atoms with van der Waals surface area (Å²) in [7, 11) is 0. The van der Waals surface area contributed by atoms with Crippen LogP contribution >= 0.6 is 23.6 Å². The van der Waals surface area contributed by atoms with E-state index in [1.54, 1.807) is 10.6 Å². The van der Waals surface area contributed by atoms with Crippen LogP contribution in [0.1, 0.15) is 21.6 Å². The third-order valence-electron chi connectivity index (χ3n) is 4.61. The number of aryl methyl sites for hydroxylation is 2. The summed E-state index contributed by atoms with van der Waals surface area (Å²) in [6.45, 7) is 4.45. The zero-order valence-electron chi connectivity index (χ0n) is 15.5. The Labute approximate surface area is 171 Å². The van der Waals surface area contributed by atoms with Crippen LogP contribution in [0, 0.1) is 17.8 Å². The standard InChI is InChI=1S/C22H18N2O2S2/c1-13-8-14(2)19-16(9-13)10-17(20(25)23-19)11-18-21(26)24(22(27)28-18)12-15-6-4-3-5-7-15/h3-11,26H,12H2,1-2H3/b17-11+. The maximum Gasteiger partial charge on any atom is 0.277 e. The minimum Gasteiger partial charge on any atom is -0.493 e. The molecule has 0 saturated carbocycles. The van der Waals surface area contributed by atoms with Crippen LogP contribution in [-0.4, -0.2) is 15.6 Å². The van der Waals surface area contributed by atoms with Crippen LogP contribution in [0.4, 0.5) is 0 Å². The number of amides is 1. The molecule has 0 aliphatic carbocycles. The number of carbonyl (C=O) groups is 1. The van der Waals surface area contributed by atoms with Crippen LogP contribution in [0.3, 0.4) is 0 Å². The summed E-state index contributed by atoms with van der Waals surface area (Å²) in [5.74, 6) is -0.244. The first-order chi connectivity index (χ1) is 13.4. The van der Waals surface area contributed by atoms with E-state index in [1.165, 1.54) is 11.3 Å². The third-order valence-corrected chi connectivity index (χ3v) is 6.00. The molecule has 28 heavy (non-hydrogen) atoms. The second-order valence-electron chi connectivity index (χ2n) is 6.81. The molecule has 3 aromatic rings. The molecule has 1 aliphatic rings. The summed E-state index contributed by atoms with van der Waals surface area (Å²) in [6, 6.07) is 13.8. The van der Waals surface area contributed by atoms with Crippen LogP contribution in [0.2, 0.25) is 0 Å². The summed E-state index contributed by atoms with van der Waals surface area (Å²) in [5, 5.41) is 12.3. The topological polar surface area (TPSA) is 54.6 Å². The first-order valence-electron chi connectivity index (χ1n) is 8.82. The van der Waals surface area contributed by atoms with Gasteiger partial charge in [-0.25, -0.2) is 4.99 Å². The Morgan fingerprint density at radius 1 is 1.21 bits per heavy atom. The predicted octanol–water partition coefficient (Wildman–Crippen LogP) is 3.67. The van der Waals surface area contributed by atoms with Crippen LogP contribution in [0.25, 0.3) is 12.2 Å². The molecular weight excluding hydrogens is 388 g/mol. The first kappa shape index (κ1) is 18.5. The number of thiazole rings is 1. The monoisotopic (exact) mass is 406 g/mol. The Balaban J connectivity index is 1.77. The number of rotatable bonds is 3. The molecule has 1 aromatic heterocycles. The molecule has 0 atom stereocenters. The van der Waals surface area contributed by atoms with Gasteiger partial charge in [0, 0.05) is 10.8 Å².